The van der Waals surface area contributed by atoms with Gasteiger partial charge in [-0.3, -0.25) is 4.79 Å². The molecule has 1 aliphatic rings. The number of carbonyl (C=O) groups is 2. The molecule has 0 aliphatic heterocycles. The summed E-state index contributed by atoms with van der Waals surface area (Å²) in [5.41, 5.74) is 0. The van der Waals surface area contributed by atoms with Gasteiger partial charge in [0, 0.05) is 12.8 Å². The van der Waals surface area contributed by atoms with E-state index in [1.165, 1.54) is 0 Å². The van der Waals surface area contributed by atoms with Crippen LogP contribution in [0.25, 0.3) is 0 Å². The highest BCUT2D eigenvalue weighted by Gasteiger charge is 2.43. The summed E-state index contributed by atoms with van der Waals surface area (Å²) in [7, 11) is 0. The molecule has 0 heterocycles. The summed E-state index contributed by atoms with van der Waals surface area (Å²) in [6.45, 7) is 1.94. The van der Waals surface area contributed by atoms with Gasteiger partial charge in [0.25, 0.3) is 0 Å². The smallest absolute Gasteiger partial charge is 0.335 e. The van der Waals surface area contributed by atoms with Crippen molar-refractivity contribution in [2.24, 2.45) is 0 Å². The van der Waals surface area contributed by atoms with Crippen LogP contribution < -0.4 is 0 Å². The largest absolute Gasteiger partial charge is 0.464 e. The Morgan fingerprint density at radius 3 is 3.00 bits per heavy atom. The lowest BCUT2D eigenvalue weighted by molar-refractivity contribution is -0.149. The van der Waals surface area contributed by atoms with E-state index in [-0.39, 0.29) is 18.8 Å². The minimum absolute atomic E-state index is 0.228. The van der Waals surface area contributed by atoms with E-state index in [2.05, 4.69) is 0 Å². The molecular formula is C11H15ClO3. The number of allylic oxidation sites excluding steroid dienone is 2. The van der Waals surface area contributed by atoms with E-state index >= 15 is 0 Å². The lowest BCUT2D eigenvalue weighted by Crippen LogP contribution is -2.42. The fourth-order valence-electron chi connectivity index (χ4n) is 1.50. The van der Waals surface area contributed by atoms with Gasteiger partial charge in [0.05, 0.1) is 6.61 Å². The summed E-state index contributed by atoms with van der Waals surface area (Å²) in [4.78, 5) is 21.8. The van der Waals surface area contributed by atoms with Crippen LogP contribution in [0.1, 0.15) is 32.6 Å². The molecule has 84 valence electrons. The molecule has 3 nitrogen and oxygen atoms in total. The predicted molar refractivity (Wildman–Crippen MR) is 57.8 cm³/mol. The Bertz CT molecular complexity index is 286. The minimum Gasteiger partial charge on any atom is -0.464 e. The fourth-order valence-corrected chi connectivity index (χ4v) is 1.74. The van der Waals surface area contributed by atoms with Crippen molar-refractivity contribution in [3.05, 3.63) is 12.2 Å². The Labute approximate surface area is 94.4 Å². The third-order valence-electron chi connectivity index (χ3n) is 2.38. The van der Waals surface area contributed by atoms with Crippen molar-refractivity contribution in [1.82, 2.24) is 0 Å². The molecule has 0 spiro atoms. The molecule has 0 aromatic heterocycles. The Morgan fingerprint density at radius 1 is 1.60 bits per heavy atom. The number of hydrogen-bond acceptors (Lipinski definition) is 3. The quantitative estimate of drug-likeness (QED) is 0.316. The molecule has 0 bridgehead atoms. The maximum atomic E-state index is 11.7. The zero-order chi connectivity index (χ0) is 11.3. The number of Topliss-reactive ketones (excluding diaryl/α,β-unsaturated/α-hetero) is 1. The number of ether oxygens (including phenoxy) is 1. The van der Waals surface area contributed by atoms with Crippen molar-refractivity contribution in [3.8, 4) is 0 Å². The Kier molecular flexibility index (Phi) is 4.33. The maximum Gasteiger partial charge on any atom is 0.335 e. The average Bonchev–Trinajstić information content (AvgIpc) is 2.20. The highest BCUT2D eigenvalue weighted by atomic mass is 35.5. The van der Waals surface area contributed by atoms with Gasteiger partial charge in [0.15, 0.2) is 5.78 Å². The number of alkyl halides is 1. The number of carbonyl (C=O) groups excluding carboxylic acids is 2. The molecule has 0 amide bonds. The Hall–Kier alpha value is -0.830. The summed E-state index contributed by atoms with van der Waals surface area (Å²) in [6.07, 6.45) is 5.90. The van der Waals surface area contributed by atoms with Crippen LogP contribution in [0, 0.1) is 0 Å². The van der Waals surface area contributed by atoms with Crippen LogP contribution in [0.4, 0.5) is 0 Å². The second-order valence-electron chi connectivity index (χ2n) is 3.51. The lowest BCUT2D eigenvalue weighted by atomic mass is 9.92. The van der Waals surface area contributed by atoms with Crippen LogP contribution in [0.5, 0.6) is 0 Å². The first-order valence-corrected chi connectivity index (χ1v) is 5.53. The maximum absolute atomic E-state index is 11.7. The van der Waals surface area contributed by atoms with E-state index in [1.54, 1.807) is 13.0 Å². The van der Waals surface area contributed by atoms with Crippen molar-refractivity contribution < 1.29 is 14.3 Å². The second kappa shape index (κ2) is 5.31. The molecule has 0 aromatic rings. The van der Waals surface area contributed by atoms with Gasteiger partial charge < -0.3 is 4.74 Å². The van der Waals surface area contributed by atoms with Gasteiger partial charge >= 0.3 is 5.97 Å². The van der Waals surface area contributed by atoms with Gasteiger partial charge in [0.2, 0.25) is 4.87 Å². The van der Waals surface area contributed by atoms with Crippen molar-refractivity contribution in [2.75, 3.05) is 6.61 Å². The van der Waals surface area contributed by atoms with Gasteiger partial charge in [-0.1, -0.05) is 23.8 Å². The zero-order valence-electron chi connectivity index (χ0n) is 8.79. The average molecular weight is 231 g/mol. The van der Waals surface area contributed by atoms with E-state index in [0.717, 1.165) is 12.8 Å². The normalized spacial score (nSPS) is 26.9. The number of halogens is 1. The van der Waals surface area contributed by atoms with Crippen LogP contribution >= 0.6 is 11.6 Å². The van der Waals surface area contributed by atoms with E-state index in [1.807, 2.05) is 6.08 Å². The van der Waals surface area contributed by atoms with Crippen molar-refractivity contribution in [2.45, 2.75) is 37.5 Å². The number of hydrogen-bond donors (Lipinski definition) is 0. The summed E-state index contributed by atoms with van der Waals surface area (Å²) >= 11 is 6.06. The highest BCUT2D eigenvalue weighted by Crippen LogP contribution is 2.28. The van der Waals surface area contributed by atoms with E-state index < -0.39 is 10.8 Å². The van der Waals surface area contributed by atoms with Crippen LogP contribution in [0.3, 0.4) is 0 Å². The predicted octanol–water partition coefficient (Wildman–Crippen LogP) is 2.23. The molecule has 0 N–H and O–H groups in total. The van der Waals surface area contributed by atoms with Gasteiger partial charge in [-0.05, 0) is 19.8 Å². The summed E-state index contributed by atoms with van der Waals surface area (Å²) in [5, 5.41) is 0. The third-order valence-corrected chi connectivity index (χ3v) is 2.90. The summed E-state index contributed by atoms with van der Waals surface area (Å²) in [6, 6.07) is 0. The van der Waals surface area contributed by atoms with Crippen molar-refractivity contribution in [1.29, 1.82) is 0 Å². The van der Waals surface area contributed by atoms with Crippen LogP contribution in [0.15, 0.2) is 12.2 Å². The Morgan fingerprint density at radius 2 is 2.33 bits per heavy atom. The van der Waals surface area contributed by atoms with E-state index in [4.69, 9.17) is 16.3 Å². The third kappa shape index (κ3) is 2.81. The van der Waals surface area contributed by atoms with E-state index in [0.29, 0.717) is 6.42 Å². The van der Waals surface area contributed by atoms with Crippen molar-refractivity contribution in [3.63, 3.8) is 0 Å². The number of rotatable bonds is 2. The van der Waals surface area contributed by atoms with Gasteiger partial charge in [-0.15, -0.1) is 0 Å². The van der Waals surface area contributed by atoms with Gasteiger partial charge in [-0.25, -0.2) is 4.79 Å². The molecule has 0 radical (unpaired) electrons. The summed E-state index contributed by atoms with van der Waals surface area (Å²) < 4.78 is 4.83. The second-order valence-corrected chi connectivity index (χ2v) is 4.16. The highest BCUT2D eigenvalue weighted by molar-refractivity contribution is 6.45. The molecule has 0 fully saturated rings. The molecule has 4 heteroatoms. The van der Waals surface area contributed by atoms with Crippen LogP contribution in [-0.2, 0) is 14.3 Å². The minimum atomic E-state index is -1.49. The molecule has 1 unspecified atom stereocenters. The number of ketones is 1. The summed E-state index contributed by atoms with van der Waals surface area (Å²) in [5.74, 6) is -0.852. The zero-order valence-corrected chi connectivity index (χ0v) is 9.55. The lowest BCUT2D eigenvalue weighted by Gasteiger charge is -2.23. The molecule has 1 aliphatic carbocycles. The van der Waals surface area contributed by atoms with Gasteiger partial charge in [0.1, 0.15) is 0 Å². The van der Waals surface area contributed by atoms with Gasteiger partial charge in [-0.2, -0.15) is 0 Å². The first-order chi connectivity index (χ1) is 7.11. The fraction of sp³-hybridized carbons (Fsp3) is 0.636. The molecule has 15 heavy (non-hydrogen) atoms. The van der Waals surface area contributed by atoms with Crippen molar-refractivity contribution >= 4 is 23.4 Å². The standard InChI is InChI=1S/C11H15ClO3/c1-2-15-10(14)11(12)8-6-4-3-5-7-9(11)13/h4,6H,2-3,5,7-8H2,1H3. The molecule has 0 saturated heterocycles. The van der Waals surface area contributed by atoms with Crippen LogP contribution in [0.2, 0.25) is 0 Å². The molecule has 0 aromatic carbocycles. The molecular weight excluding hydrogens is 216 g/mol. The molecule has 1 atom stereocenters. The van der Waals surface area contributed by atoms with Crippen LogP contribution in [-0.4, -0.2) is 23.2 Å². The monoisotopic (exact) mass is 230 g/mol. The topological polar surface area (TPSA) is 43.4 Å². The first-order valence-electron chi connectivity index (χ1n) is 5.15. The molecule has 1 rings (SSSR count). The van der Waals surface area contributed by atoms with E-state index in [9.17, 15) is 9.59 Å². The first kappa shape index (κ1) is 12.2. The molecule has 0 saturated carbocycles. The SMILES string of the molecule is CCOC(=O)C1(Cl)CC=CCCCC1=O. The number of esters is 1. The Balaban J connectivity index is 2.84.